The van der Waals surface area contributed by atoms with Crippen LogP contribution in [0.15, 0.2) is 18.2 Å². The highest BCUT2D eigenvalue weighted by Crippen LogP contribution is 2.18. The van der Waals surface area contributed by atoms with Crippen LogP contribution >= 0.6 is 0 Å². The minimum atomic E-state index is -0.00987. The fourth-order valence-corrected chi connectivity index (χ4v) is 2.27. The van der Waals surface area contributed by atoms with Gasteiger partial charge in [0.2, 0.25) is 5.91 Å². The Kier molecular flexibility index (Phi) is 4.20. The van der Waals surface area contributed by atoms with E-state index in [2.05, 4.69) is 10.6 Å². The third-order valence-electron chi connectivity index (χ3n) is 3.30. The predicted molar refractivity (Wildman–Crippen MR) is 70.6 cm³/mol. The van der Waals surface area contributed by atoms with Gasteiger partial charge in [-0.1, -0.05) is 12.1 Å². The molecule has 1 amide bonds. The second-order valence-corrected chi connectivity index (χ2v) is 4.67. The molecule has 0 aromatic heterocycles. The van der Waals surface area contributed by atoms with Gasteiger partial charge in [0, 0.05) is 6.54 Å². The number of hydrogen-bond donors (Lipinski definition) is 2. The van der Waals surface area contributed by atoms with Gasteiger partial charge in [0.15, 0.2) is 0 Å². The van der Waals surface area contributed by atoms with Gasteiger partial charge in [-0.15, -0.1) is 0 Å². The second kappa shape index (κ2) is 5.87. The number of carbonyl (C=O) groups excluding carboxylic acids is 1. The van der Waals surface area contributed by atoms with E-state index in [9.17, 15) is 4.79 Å². The van der Waals surface area contributed by atoms with Crippen LogP contribution in [0.3, 0.4) is 0 Å². The number of methoxy groups -OCH3 is 1. The van der Waals surface area contributed by atoms with Crippen molar-refractivity contribution >= 4 is 5.91 Å². The summed E-state index contributed by atoms with van der Waals surface area (Å²) in [7, 11) is 1.66. The Hall–Kier alpha value is -1.55. The molecule has 1 aromatic rings. The summed E-state index contributed by atoms with van der Waals surface area (Å²) in [6.45, 7) is 3.52. The van der Waals surface area contributed by atoms with Crippen LogP contribution in [-0.4, -0.2) is 25.6 Å². The summed E-state index contributed by atoms with van der Waals surface area (Å²) < 4.78 is 5.21. The van der Waals surface area contributed by atoms with Gasteiger partial charge in [-0.05, 0) is 43.5 Å². The van der Waals surface area contributed by atoms with E-state index >= 15 is 0 Å². The van der Waals surface area contributed by atoms with Crippen LogP contribution in [0.1, 0.15) is 24.0 Å². The normalized spacial score (nSPS) is 18.7. The van der Waals surface area contributed by atoms with Crippen molar-refractivity contribution in [1.82, 2.24) is 10.6 Å². The minimum Gasteiger partial charge on any atom is -0.496 e. The molecule has 2 rings (SSSR count). The molecule has 1 aliphatic heterocycles. The molecule has 0 spiro atoms. The van der Waals surface area contributed by atoms with Crippen molar-refractivity contribution in [3.05, 3.63) is 29.3 Å². The zero-order valence-electron chi connectivity index (χ0n) is 11.0. The maximum atomic E-state index is 11.8. The summed E-state index contributed by atoms with van der Waals surface area (Å²) in [4.78, 5) is 11.8. The van der Waals surface area contributed by atoms with Crippen molar-refractivity contribution in [2.45, 2.75) is 32.4 Å². The number of hydrogen-bond acceptors (Lipinski definition) is 3. The number of amides is 1. The first kappa shape index (κ1) is 12.9. The highest BCUT2D eigenvalue weighted by atomic mass is 16.5. The third-order valence-corrected chi connectivity index (χ3v) is 3.30. The smallest absolute Gasteiger partial charge is 0.237 e. The molecule has 0 bridgehead atoms. The van der Waals surface area contributed by atoms with Gasteiger partial charge < -0.3 is 15.4 Å². The number of carbonyl (C=O) groups is 1. The summed E-state index contributed by atoms with van der Waals surface area (Å²) >= 11 is 0. The lowest BCUT2D eigenvalue weighted by atomic mass is 10.1. The first-order chi connectivity index (χ1) is 8.70. The third kappa shape index (κ3) is 3.01. The average molecular weight is 248 g/mol. The lowest BCUT2D eigenvalue weighted by Gasteiger charge is -2.12. The van der Waals surface area contributed by atoms with Crippen LogP contribution in [0.25, 0.3) is 0 Å². The Morgan fingerprint density at radius 1 is 1.56 bits per heavy atom. The van der Waals surface area contributed by atoms with Crippen LogP contribution in [0, 0.1) is 6.92 Å². The van der Waals surface area contributed by atoms with Crippen LogP contribution in [0.5, 0.6) is 5.75 Å². The van der Waals surface area contributed by atoms with Gasteiger partial charge in [-0.25, -0.2) is 0 Å². The highest BCUT2D eigenvalue weighted by Gasteiger charge is 2.21. The highest BCUT2D eigenvalue weighted by molar-refractivity contribution is 5.81. The Bertz CT molecular complexity index is 426. The summed E-state index contributed by atoms with van der Waals surface area (Å²) in [5.74, 6) is 0.975. The summed E-state index contributed by atoms with van der Waals surface area (Å²) in [6, 6.07) is 5.95. The molecule has 1 heterocycles. The molecule has 1 unspecified atom stereocenters. The van der Waals surface area contributed by atoms with Crippen molar-refractivity contribution in [2.24, 2.45) is 0 Å². The van der Waals surface area contributed by atoms with Gasteiger partial charge in [-0.3, -0.25) is 4.79 Å². The standard InChI is InChI=1S/C14H20N2O2/c1-10-8-11(5-6-13(10)18-2)9-16-14(17)12-4-3-7-15-12/h5-6,8,12,15H,3-4,7,9H2,1-2H3,(H,16,17). The molecule has 2 N–H and O–H groups in total. The number of aryl methyl sites for hydroxylation is 1. The number of ether oxygens (including phenoxy) is 1. The molecular weight excluding hydrogens is 228 g/mol. The van der Waals surface area contributed by atoms with Crippen LogP contribution in [0.2, 0.25) is 0 Å². The zero-order valence-corrected chi connectivity index (χ0v) is 11.0. The van der Waals surface area contributed by atoms with Gasteiger partial charge in [0.25, 0.3) is 0 Å². The van der Waals surface area contributed by atoms with Gasteiger partial charge in [0.1, 0.15) is 5.75 Å². The van der Waals surface area contributed by atoms with Crippen LogP contribution < -0.4 is 15.4 Å². The van der Waals surface area contributed by atoms with Gasteiger partial charge >= 0.3 is 0 Å². The van der Waals surface area contributed by atoms with E-state index in [4.69, 9.17) is 4.74 Å². The number of nitrogens with one attached hydrogen (secondary N) is 2. The van der Waals surface area contributed by atoms with Crippen LogP contribution in [-0.2, 0) is 11.3 Å². The second-order valence-electron chi connectivity index (χ2n) is 4.67. The quantitative estimate of drug-likeness (QED) is 0.846. The van der Waals surface area contributed by atoms with Gasteiger partial charge in [-0.2, -0.15) is 0 Å². The summed E-state index contributed by atoms with van der Waals surface area (Å²) in [5, 5.41) is 6.15. The molecular formula is C14H20N2O2. The number of rotatable bonds is 4. The van der Waals surface area contributed by atoms with Crippen molar-refractivity contribution in [3.8, 4) is 5.75 Å². The lowest BCUT2D eigenvalue weighted by molar-refractivity contribution is -0.122. The van der Waals surface area contributed by atoms with E-state index in [-0.39, 0.29) is 11.9 Å². The Labute approximate surface area is 108 Å². The maximum Gasteiger partial charge on any atom is 0.237 e. The van der Waals surface area contributed by atoms with Crippen LogP contribution in [0.4, 0.5) is 0 Å². The molecule has 1 aliphatic rings. The fraction of sp³-hybridized carbons (Fsp3) is 0.500. The molecule has 4 nitrogen and oxygen atoms in total. The van der Waals surface area contributed by atoms with Gasteiger partial charge in [0.05, 0.1) is 13.2 Å². The Morgan fingerprint density at radius 2 is 2.39 bits per heavy atom. The molecule has 18 heavy (non-hydrogen) atoms. The van der Waals surface area contributed by atoms with E-state index in [1.54, 1.807) is 7.11 Å². The molecule has 0 aliphatic carbocycles. The molecule has 1 saturated heterocycles. The predicted octanol–water partition coefficient (Wildman–Crippen LogP) is 1.37. The molecule has 1 aromatic carbocycles. The number of benzene rings is 1. The fourth-order valence-electron chi connectivity index (χ4n) is 2.27. The van der Waals surface area contributed by atoms with E-state index < -0.39 is 0 Å². The topological polar surface area (TPSA) is 50.4 Å². The van der Waals surface area contributed by atoms with E-state index in [1.165, 1.54) is 0 Å². The van der Waals surface area contributed by atoms with E-state index in [0.717, 1.165) is 36.3 Å². The minimum absolute atomic E-state index is 0.00987. The lowest BCUT2D eigenvalue weighted by Crippen LogP contribution is -2.39. The van der Waals surface area contributed by atoms with Crippen molar-refractivity contribution in [3.63, 3.8) is 0 Å². The molecule has 0 radical (unpaired) electrons. The van der Waals surface area contributed by atoms with Crippen molar-refractivity contribution < 1.29 is 9.53 Å². The molecule has 98 valence electrons. The molecule has 1 atom stereocenters. The molecule has 1 fully saturated rings. The average Bonchev–Trinajstić information content (AvgIpc) is 2.90. The van der Waals surface area contributed by atoms with Crippen molar-refractivity contribution in [2.75, 3.05) is 13.7 Å². The SMILES string of the molecule is COc1ccc(CNC(=O)C2CCCN2)cc1C. The largest absolute Gasteiger partial charge is 0.496 e. The Morgan fingerprint density at radius 3 is 3.00 bits per heavy atom. The molecule has 0 saturated carbocycles. The molecule has 4 heteroatoms. The monoisotopic (exact) mass is 248 g/mol. The maximum absolute atomic E-state index is 11.8. The Balaban J connectivity index is 1.89. The summed E-state index contributed by atoms with van der Waals surface area (Å²) in [6.07, 6.45) is 2.02. The first-order valence-corrected chi connectivity index (χ1v) is 6.35. The van der Waals surface area contributed by atoms with E-state index in [0.29, 0.717) is 6.54 Å². The van der Waals surface area contributed by atoms with E-state index in [1.807, 2.05) is 25.1 Å². The van der Waals surface area contributed by atoms with Crippen molar-refractivity contribution in [1.29, 1.82) is 0 Å². The zero-order chi connectivity index (χ0) is 13.0. The first-order valence-electron chi connectivity index (χ1n) is 6.35. The summed E-state index contributed by atoms with van der Waals surface area (Å²) in [5.41, 5.74) is 2.18.